The molecule has 0 aromatic rings. The van der Waals surface area contributed by atoms with Crippen molar-refractivity contribution in [2.45, 2.75) is 84.4 Å². The quantitative estimate of drug-likeness (QED) is 0.460. The van der Waals surface area contributed by atoms with Crippen LogP contribution in [0.3, 0.4) is 0 Å². The predicted molar refractivity (Wildman–Crippen MR) is 102 cm³/mol. The fourth-order valence-electron chi connectivity index (χ4n) is 7.46. The molecule has 6 heteroatoms. The van der Waals surface area contributed by atoms with Crippen LogP contribution in [0.5, 0.6) is 0 Å². The molecule has 0 spiro atoms. The van der Waals surface area contributed by atoms with Gasteiger partial charge in [0, 0.05) is 23.7 Å². The van der Waals surface area contributed by atoms with E-state index in [0.717, 1.165) is 0 Å². The van der Waals surface area contributed by atoms with E-state index in [1.807, 2.05) is 20.8 Å². The second kappa shape index (κ2) is 5.67. The summed E-state index contributed by atoms with van der Waals surface area (Å²) in [6, 6.07) is 0. The maximum atomic E-state index is 13.7. The summed E-state index contributed by atoms with van der Waals surface area (Å²) in [4.78, 5) is 13.7. The highest BCUT2D eigenvalue weighted by molar-refractivity contribution is 5.93. The third-order valence-electron chi connectivity index (χ3n) is 9.31. The summed E-state index contributed by atoms with van der Waals surface area (Å²) in [6.45, 7) is 11.6. The van der Waals surface area contributed by atoms with E-state index in [9.17, 15) is 25.2 Å². The lowest BCUT2D eigenvalue weighted by Gasteiger charge is -2.68. The number of aliphatic hydroxyl groups is 4. The molecule has 4 rings (SSSR count). The average Bonchev–Trinajstić information content (AvgIpc) is 2.60. The van der Waals surface area contributed by atoms with Crippen molar-refractivity contribution >= 4 is 5.78 Å². The number of carbonyl (C=O) groups is 1. The molecule has 0 unspecified atom stereocenters. The van der Waals surface area contributed by atoms with Crippen LogP contribution >= 0.6 is 0 Å². The Morgan fingerprint density at radius 3 is 2.25 bits per heavy atom. The van der Waals surface area contributed by atoms with E-state index < -0.39 is 46.4 Å². The lowest BCUT2D eigenvalue weighted by Crippen LogP contribution is -2.75. The molecular formula is C22H34O6. The van der Waals surface area contributed by atoms with Gasteiger partial charge in [0.25, 0.3) is 0 Å². The standard InChI is InChI=1S/C22H34O6/c1-10-12(23)8-22(27)11(2)17-20(5)9-28-14(20)7-13(24)21(17,6)18(26)16(25)15(10)19(22,3)4/h11-14,16-17,23-25,27H,7-9H2,1-6H3/t11-,12-,13-,14+,16+,17+,20+,21+,22+/m0/s1. The van der Waals surface area contributed by atoms with Crippen molar-refractivity contribution in [1.82, 2.24) is 0 Å². The monoisotopic (exact) mass is 394 g/mol. The summed E-state index contributed by atoms with van der Waals surface area (Å²) in [5, 5.41) is 45.0. The van der Waals surface area contributed by atoms with E-state index >= 15 is 0 Å². The molecule has 6 nitrogen and oxygen atoms in total. The van der Waals surface area contributed by atoms with Crippen molar-refractivity contribution in [1.29, 1.82) is 0 Å². The van der Waals surface area contributed by atoms with Crippen molar-refractivity contribution in [3.05, 3.63) is 11.1 Å². The van der Waals surface area contributed by atoms with Crippen LogP contribution in [0, 0.1) is 28.1 Å². The molecule has 1 aliphatic heterocycles. The third kappa shape index (κ3) is 2.04. The maximum absolute atomic E-state index is 13.7. The van der Waals surface area contributed by atoms with Crippen LogP contribution in [-0.2, 0) is 9.53 Å². The molecular weight excluding hydrogens is 360 g/mol. The molecule has 0 radical (unpaired) electrons. The van der Waals surface area contributed by atoms with Gasteiger partial charge in [-0.15, -0.1) is 0 Å². The van der Waals surface area contributed by atoms with Crippen LogP contribution in [0.1, 0.15) is 54.4 Å². The number of rotatable bonds is 0. The molecule has 158 valence electrons. The van der Waals surface area contributed by atoms with E-state index in [2.05, 4.69) is 6.92 Å². The molecule has 4 aliphatic rings. The Kier molecular flexibility index (Phi) is 4.15. The minimum Gasteiger partial charge on any atom is -0.392 e. The van der Waals surface area contributed by atoms with Gasteiger partial charge in [-0.2, -0.15) is 0 Å². The lowest BCUT2D eigenvalue weighted by molar-refractivity contribution is -0.302. The highest BCUT2D eigenvalue weighted by Crippen LogP contribution is 2.66. The Balaban J connectivity index is 2.01. The van der Waals surface area contributed by atoms with E-state index in [-0.39, 0.29) is 23.9 Å². The van der Waals surface area contributed by atoms with Crippen molar-refractivity contribution < 1.29 is 30.0 Å². The van der Waals surface area contributed by atoms with Gasteiger partial charge >= 0.3 is 0 Å². The highest BCUT2D eigenvalue weighted by atomic mass is 16.5. The largest absolute Gasteiger partial charge is 0.392 e. The molecule has 3 fully saturated rings. The fraction of sp³-hybridized carbons (Fsp3) is 0.864. The van der Waals surface area contributed by atoms with Gasteiger partial charge in [0.1, 0.15) is 6.10 Å². The van der Waals surface area contributed by atoms with Crippen molar-refractivity contribution in [3.8, 4) is 0 Å². The Morgan fingerprint density at radius 1 is 1.11 bits per heavy atom. The first kappa shape index (κ1) is 20.5. The topological polar surface area (TPSA) is 107 Å². The second-order valence-corrected chi connectivity index (χ2v) is 10.7. The molecule has 28 heavy (non-hydrogen) atoms. The molecule has 9 atom stereocenters. The van der Waals surface area contributed by atoms with Crippen molar-refractivity contribution in [2.75, 3.05) is 6.61 Å². The van der Waals surface area contributed by atoms with Gasteiger partial charge in [-0.3, -0.25) is 4.79 Å². The molecule has 1 heterocycles. The van der Waals surface area contributed by atoms with Gasteiger partial charge < -0.3 is 25.2 Å². The first-order valence-corrected chi connectivity index (χ1v) is 10.4. The van der Waals surface area contributed by atoms with E-state index in [0.29, 0.717) is 24.2 Å². The third-order valence-corrected chi connectivity index (χ3v) is 9.31. The summed E-state index contributed by atoms with van der Waals surface area (Å²) < 4.78 is 5.74. The Morgan fingerprint density at radius 2 is 1.71 bits per heavy atom. The van der Waals surface area contributed by atoms with Crippen LogP contribution in [-0.4, -0.2) is 62.8 Å². The summed E-state index contributed by atoms with van der Waals surface area (Å²) >= 11 is 0. The van der Waals surface area contributed by atoms with Crippen LogP contribution < -0.4 is 0 Å². The van der Waals surface area contributed by atoms with Gasteiger partial charge in [0.15, 0.2) is 5.78 Å². The zero-order valence-electron chi connectivity index (χ0n) is 17.7. The van der Waals surface area contributed by atoms with E-state index in [1.165, 1.54) is 0 Å². The SMILES string of the molecule is CC1=C2[C@@H](O)C(=O)[C@@]3(C)[C@H]([C@H](C)[C@](O)(C[C@@H]1O)C2(C)C)[C@]1(C)CO[C@@H]1C[C@@H]3O. The van der Waals surface area contributed by atoms with Gasteiger partial charge in [-0.05, 0) is 36.8 Å². The van der Waals surface area contributed by atoms with Crippen molar-refractivity contribution in [2.24, 2.45) is 28.1 Å². The molecule has 4 N–H and O–H groups in total. The second-order valence-electron chi connectivity index (χ2n) is 10.7. The molecule has 1 saturated heterocycles. The van der Waals surface area contributed by atoms with Crippen LogP contribution in [0.4, 0.5) is 0 Å². The predicted octanol–water partition coefficient (Wildman–Crippen LogP) is 1.20. The number of aliphatic hydroxyl groups excluding tert-OH is 3. The van der Waals surface area contributed by atoms with E-state index in [4.69, 9.17) is 4.74 Å². The number of hydrogen-bond acceptors (Lipinski definition) is 6. The highest BCUT2D eigenvalue weighted by Gasteiger charge is 2.72. The van der Waals surface area contributed by atoms with E-state index in [1.54, 1.807) is 13.8 Å². The number of ether oxygens (including phenoxy) is 1. The van der Waals surface area contributed by atoms with Gasteiger partial charge in [0.05, 0.1) is 35.9 Å². The Bertz CT molecular complexity index is 758. The lowest BCUT2D eigenvalue weighted by atomic mass is 9.40. The molecule has 0 amide bonds. The molecule has 0 aromatic carbocycles. The minimum absolute atomic E-state index is 0.141. The van der Waals surface area contributed by atoms with Crippen LogP contribution in [0.25, 0.3) is 0 Å². The smallest absolute Gasteiger partial charge is 0.174 e. The number of carbonyl (C=O) groups excluding carboxylic acids is 1. The van der Waals surface area contributed by atoms with Gasteiger partial charge in [-0.1, -0.05) is 27.7 Å². The number of hydrogen-bond donors (Lipinski definition) is 4. The number of ketones is 1. The first-order chi connectivity index (χ1) is 12.7. The zero-order chi connectivity index (χ0) is 21.0. The first-order valence-electron chi connectivity index (χ1n) is 10.4. The molecule has 2 bridgehead atoms. The van der Waals surface area contributed by atoms with Gasteiger partial charge in [0.2, 0.25) is 0 Å². The van der Waals surface area contributed by atoms with Crippen LogP contribution in [0.15, 0.2) is 11.1 Å². The molecule has 3 aliphatic carbocycles. The average molecular weight is 395 g/mol. The number of fused-ring (bicyclic) bond motifs is 5. The Labute approximate surface area is 166 Å². The summed E-state index contributed by atoms with van der Waals surface area (Å²) in [7, 11) is 0. The maximum Gasteiger partial charge on any atom is 0.174 e. The van der Waals surface area contributed by atoms with Gasteiger partial charge in [-0.25, -0.2) is 0 Å². The van der Waals surface area contributed by atoms with Crippen molar-refractivity contribution in [3.63, 3.8) is 0 Å². The fourth-order valence-corrected chi connectivity index (χ4v) is 7.46. The molecule has 0 aromatic heterocycles. The summed E-state index contributed by atoms with van der Waals surface area (Å²) in [5.74, 6) is -1.20. The Hall–Kier alpha value is -0.790. The summed E-state index contributed by atoms with van der Waals surface area (Å²) in [6.07, 6.45) is -3.04. The number of Topliss-reactive ketones (excluding diaryl/α,β-unsaturated/α-hetero) is 1. The summed E-state index contributed by atoms with van der Waals surface area (Å²) in [5.41, 5.74) is -2.87. The normalized spacial score (nSPS) is 55.6. The minimum atomic E-state index is -1.47. The molecule has 2 saturated carbocycles. The van der Waals surface area contributed by atoms with Crippen LogP contribution in [0.2, 0.25) is 0 Å². The zero-order valence-corrected chi connectivity index (χ0v) is 17.7.